The number of hydrogen-bond donors (Lipinski definition) is 0. The van der Waals surface area contributed by atoms with E-state index in [1.807, 2.05) is 60.7 Å². The molecule has 0 aliphatic rings. The fourth-order valence-corrected chi connectivity index (χ4v) is 8.97. The van der Waals surface area contributed by atoms with Crippen LogP contribution in [0.4, 0.5) is 0 Å². The zero-order chi connectivity index (χ0) is 29.1. The largest absolute Gasteiger partial charge is 0.455 e. The van der Waals surface area contributed by atoms with Gasteiger partial charge in [-0.2, -0.15) is 9.53 Å². The molecule has 0 bridgehead atoms. The number of benzene rings is 2. The fraction of sp³-hybridized carbons (Fsp3) is 0.481. The van der Waals surface area contributed by atoms with E-state index in [1.54, 1.807) is 55.4 Å². The van der Waals surface area contributed by atoms with Crippen molar-refractivity contribution in [1.29, 1.82) is 0 Å². The molecule has 0 N–H and O–H groups in total. The van der Waals surface area contributed by atoms with E-state index in [1.165, 1.54) is 23.5 Å². The molecular formula is C27H40N2O6P2S2. The number of rotatable bonds is 14. The van der Waals surface area contributed by atoms with Crippen LogP contribution in [0.3, 0.4) is 0 Å². The Morgan fingerprint density at radius 3 is 1.13 bits per heavy atom. The zero-order valence-corrected chi connectivity index (χ0v) is 27.3. The molecule has 2 aromatic rings. The fourth-order valence-electron chi connectivity index (χ4n) is 3.07. The Bertz CT molecular complexity index is 1060. The predicted octanol–water partition coefficient (Wildman–Crippen LogP) is 9.22. The Morgan fingerprint density at radius 1 is 0.590 bits per heavy atom. The van der Waals surface area contributed by atoms with E-state index in [0.717, 1.165) is 11.1 Å². The van der Waals surface area contributed by atoms with Crippen molar-refractivity contribution < 1.29 is 27.2 Å². The van der Waals surface area contributed by atoms with Gasteiger partial charge in [0.1, 0.15) is 10.1 Å². The second kappa shape index (κ2) is 16.3. The van der Waals surface area contributed by atoms with Gasteiger partial charge in [0.15, 0.2) is 0 Å². The Morgan fingerprint density at radius 2 is 0.872 bits per heavy atom. The van der Waals surface area contributed by atoms with Gasteiger partial charge < -0.3 is 0 Å². The highest BCUT2D eigenvalue weighted by molar-refractivity contribution is 8.29. The first-order chi connectivity index (χ1) is 18.3. The van der Waals surface area contributed by atoms with E-state index in [4.69, 9.17) is 18.1 Å². The van der Waals surface area contributed by atoms with Gasteiger partial charge in [0.05, 0.1) is 29.5 Å². The van der Waals surface area contributed by atoms with Gasteiger partial charge in [-0.15, -0.1) is 0 Å². The quantitative estimate of drug-likeness (QED) is 0.0899. The molecule has 0 saturated carbocycles. The highest BCUT2D eigenvalue weighted by Gasteiger charge is 2.30. The van der Waals surface area contributed by atoms with Crippen molar-refractivity contribution in [3.63, 3.8) is 0 Å². The van der Waals surface area contributed by atoms with Crippen molar-refractivity contribution in [1.82, 2.24) is 0 Å². The summed E-state index contributed by atoms with van der Waals surface area (Å²) in [5, 5.41) is 1.41. The third-order valence-corrected chi connectivity index (χ3v) is 10.3. The molecule has 2 rings (SSSR count). The smallest absolute Gasteiger partial charge is 0.288 e. The van der Waals surface area contributed by atoms with Crippen molar-refractivity contribution in [2.45, 2.75) is 79.8 Å². The molecule has 0 spiro atoms. The highest BCUT2D eigenvalue weighted by Crippen LogP contribution is 2.54. The van der Waals surface area contributed by atoms with Gasteiger partial charge >= 0.3 is 15.5 Å². The summed E-state index contributed by atoms with van der Waals surface area (Å²) in [5.41, 5.74) is 1.55. The average Bonchev–Trinajstić information content (AvgIpc) is 2.81. The normalized spacial score (nSPS) is 13.7. The van der Waals surface area contributed by atoms with Gasteiger partial charge in [0.25, 0.3) is 0 Å². The van der Waals surface area contributed by atoms with E-state index in [2.05, 4.69) is 9.53 Å². The van der Waals surface area contributed by atoms with E-state index in [0.29, 0.717) is 15.2 Å². The monoisotopic (exact) mass is 614 g/mol. The predicted molar refractivity (Wildman–Crippen MR) is 166 cm³/mol. The van der Waals surface area contributed by atoms with Crippen LogP contribution in [0.1, 0.15) is 66.5 Å². The molecule has 2 aromatic carbocycles. The maximum absolute atomic E-state index is 13.6. The van der Waals surface area contributed by atoms with Crippen molar-refractivity contribution >= 4 is 49.1 Å². The summed E-state index contributed by atoms with van der Waals surface area (Å²) in [6.45, 7) is 14.3. The summed E-state index contributed by atoms with van der Waals surface area (Å²) in [6, 6.07) is 18.9. The lowest BCUT2D eigenvalue weighted by molar-refractivity contribution is 0.142. The third kappa shape index (κ3) is 12.9. The molecule has 0 fully saturated rings. The lowest BCUT2D eigenvalue weighted by atomic mass is 10.2. The maximum Gasteiger partial charge on any atom is 0.455 e. The Balaban J connectivity index is 2.44. The van der Waals surface area contributed by atoms with Gasteiger partial charge in [-0.3, -0.25) is 18.1 Å². The van der Waals surface area contributed by atoms with Crippen molar-refractivity contribution in [3.05, 3.63) is 71.8 Å². The van der Waals surface area contributed by atoms with Crippen LogP contribution >= 0.6 is 39.0 Å². The first-order valence-corrected chi connectivity index (χ1v) is 17.8. The van der Waals surface area contributed by atoms with Crippen LogP contribution in [0.15, 0.2) is 70.2 Å². The Labute approximate surface area is 241 Å². The molecule has 0 aliphatic carbocycles. The van der Waals surface area contributed by atoms with Crippen LogP contribution in [0.5, 0.6) is 0 Å². The molecule has 12 heteroatoms. The second-order valence-corrected chi connectivity index (χ2v) is 14.9. The molecule has 0 saturated heterocycles. The SMILES string of the molecule is CC(C)OP(=O)(/N=C(/SCS/C(=N/P(=O)(OC(C)C)OC(C)C)c1ccccc1)c1ccccc1)OC(C)C. The van der Waals surface area contributed by atoms with Crippen molar-refractivity contribution in [2.24, 2.45) is 9.53 Å². The zero-order valence-electron chi connectivity index (χ0n) is 23.8. The van der Waals surface area contributed by atoms with Gasteiger partial charge in [-0.25, -0.2) is 9.13 Å². The minimum Gasteiger partial charge on any atom is -0.288 e. The average molecular weight is 615 g/mol. The molecule has 39 heavy (non-hydrogen) atoms. The van der Waals surface area contributed by atoms with Crippen molar-refractivity contribution in [2.75, 3.05) is 5.08 Å². The Hall–Kier alpha value is -1.22. The van der Waals surface area contributed by atoms with Crippen molar-refractivity contribution in [3.8, 4) is 0 Å². The van der Waals surface area contributed by atoms with E-state index < -0.39 is 15.5 Å². The lowest BCUT2D eigenvalue weighted by Crippen LogP contribution is -2.09. The van der Waals surface area contributed by atoms with Crippen LogP contribution in [0, 0.1) is 0 Å². The van der Waals surface area contributed by atoms with Crippen LogP contribution in [-0.4, -0.2) is 39.6 Å². The summed E-state index contributed by atoms with van der Waals surface area (Å²) in [7, 11) is -7.59. The van der Waals surface area contributed by atoms with E-state index in [9.17, 15) is 9.13 Å². The molecule has 0 aromatic heterocycles. The van der Waals surface area contributed by atoms with Gasteiger partial charge in [0.2, 0.25) is 0 Å². The lowest BCUT2D eigenvalue weighted by Gasteiger charge is -2.20. The van der Waals surface area contributed by atoms with Gasteiger partial charge in [-0.05, 0) is 55.4 Å². The van der Waals surface area contributed by atoms with Gasteiger partial charge in [0, 0.05) is 11.1 Å². The topological polar surface area (TPSA) is 95.8 Å². The van der Waals surface area contributed by atoms with Crippen LogP contribution in [-0.2, 0) is 27.2 Å². The summed E-state index contributed by atoms with van der Waals surface area (Å²) in [6.07, 6.45) is -1.38. The first kappa shape index (κ1) is 34.0. The standard InChI is InChI=1S/C27H40N2O6P2S2/c1-20(2)32-36(30,33-21(3)4)28-26(24-15-11-9-12-16-24)38-19-39-27(25-17-13-10-14-18-25)29-37(31,34-22(5)6)35-23(7)8/h9-18,20-23H,19H2,1-8H3/b28-26+,29-27+. The minimum atomic E-state index is -3.80. The molecule has 0 heterocycles. The van der Waals surface area contributed by atoms with Crippen LogP contribution < -0.4 is 0 Å². The molecule has 0 unspecified atom stereocenters. The second-order valence-electron chi connectivity index (χ2n) is 9.50. The molecule has 0 amide bonds. The molecule has 0 atom stereocenters. The van der Waals surface area contributed by atoms with Gasteiger partial charge in [-0.1, -0.05) is 84.2 Å². The molecule has 0 radical (unpaired) electrons. The summed E-state index contributed by atoms with van der Waals surface area (Å²) in [5.74, 6) is 0. The van der Waals surface area contributed by atoms with E-state index >= 15 is 0 Å². The highest BCUT2D eigenvalue weighted by atomic mass is 32.2. The minimum absolute atomic E-state index is 0.345. The summed E-state index contributed by atoms with van der Waals surface area (Å²) in [4.78, 5) is 0. The molecular weight excluding hydrogens is 574 g/mol. The van der Waals surface area contributed by atoms with E-state index in [-0.39, 0.29) is 24.4 Å². The third-order valence-electron chi connectivity index (χ3n) is 4.24. The summed E-state index contributed by atoms with van der Waals surface area (Å²) < 4.78 is 58.9. The van der Waals surface area contributed by atoms with Crippen LogP contribution in [0.25, 0.3) is 0 Å². The maximum atomic E-state index is 13.6. The number of hydrogen-bond acceptors (Lipinski definition) is 8. The summed E-state index contributed by atoms with van der Waals surface area (Å²) >= 11 is 2.72. The first-order valence-electron chi connectivity index (χ1n) is 12.8. The number of thioether (sulfide) groups is 2. The molecule has 8 nitrogen and oxygen atoms in total. The Kier molecular flexibility index (Phi) is 14.2. The molecule has 216 valence electrons. The van der Waals surface area contributed by atoms with Crippen LogP contribution in [0.2, 0.25) is 0 Å². The molecule has 0 aliphatic heterocycles. The number of nitrogens with zero attached hydrogens (tertiary/aromatic N) is 2.